The molecule has 0 radical (unpaired) electrons. The first-order valence-electron chi connectivity index (χ1n) is 5.24. The van der Waals surface area contributed by atoms with Crippen LogP contribution >= 0.6 is 0 Å². The van der Waals surface area contributed by atoms with Gasteiger partial charge in [0.2, 0.25) is 0 Å². The van der Waals surface area contributed by atoms with Crippen LogP contribution in [-0.2, 0) is 4.74 Å². The lowest BCUT2D eigenvalue weighted by Gasteiger charge is -2.27. The largest absolute Gasteiger partial charge is 0.490 e. The monoisotopic (exact) mass is 394 g/mol. The zero-order chi connectivity index (χ0) is 19.8. The van der Waals surface area contributed by atoms with Gasteiger partial charge >= 0.3 is 30.6 Å². The van der Waals surface area contributed by atoms with Gasteiger partial charge in [0, 0.05) is 0 Å². The van der Waals surface area contributed by atoms with Gasteiger partial charge in [-0.3, -0.25) is 0 Å². The lowest BCUT2D eigenvalue weighted by molar-refractivity contribution is -0.282. The fraction of sp³-hybridized carbons (Fsp3) is 0.778. The molecule has 0 fully saturated rings. The molecule has 0 aliphatic heterocycles. The molecule has 0 N–H and O–H groups in total. The van der Waals surface area contributed by atoms with Crippen molar-refractivity contribution in [1.82, 2.24) is 0 Å². The van der Waals surface area contributed by atoms with Crippen LogP contribution in [0.4, 0.5) is 61.5 Å². The van der Waals surface area contributed by atoms with Crippen LogP contribution in [0.1, 0.15) is 6.42 Å². The van der Waals surface area contributed by atoms with Gasteiger partial charge in [0.15, 0.2) is 11.3 Å². The van der Waals surface area contributed by atoms with Crippen molar-refractivity contribution < 1.29 is 66.2 Å². The summed E-state index contributed by atoms with van der Waals surface area (Å²) in [7, 11) is 0. The SMILES string of the molecule is FC(F)(F)CCOC(=C(C(F)(F)F)C(F)(F)F)C(F)(F)C(F)(F)F. The van der Waals surface area contributed by atoms with Crippen molar-refractivity contribution >= 4 is 0 Å². The van der Waals surface area contributed by atoms with E-state index in [1.54, 1.807) is 0 Å². The topological polar surface area (TPSA) is 9.23 Å². The lowest BCUT2D eigenvalue weighted by Crippen LogP contribution is -2.43. The van der Waals surface area contributed by atoms with Gasteiger partial charge in [0.1, 0.15) is 0 Å². The molecule has 0 bridgehead atoms. The Hall–Kier alpha value is -1.44. The number of ether oxygens (including phenoxy) is 1. The second kappa shape index (κ2) is 6.46. The van der Waals surface area contributed by atoms with E-state index in [-0.39, 0.29) is 0 Å². The first-order valence-corrected chi connectivity index (χ1v) is 5.24. The summed E-state index contributed by atoms with van der Waals surface area (Å²) in [4.78, 5) is 0. The number of halogens is 14. The molecule has 144 valence electrons. The Kier molecular flexibility index (Phi) is 6.07. The molecule has 0 aromatic carbocycles. The number of hydrogen-bond donors (Lipinski definition) is 0. The summed E-state index contributed by atoms with van der Waals surface area (Å²) in [6.45, 7) is -2.32. The first kappa shape index (κ1) is 22.6. The Morgan fingerprint density at radius 1 is 0.625 bits per heavy atom. The molecule has 0 unspecified atom stereocenters. The molecule has 0 saturated carbocycles. The summed E-state index contributed by atoms with van der Waals surface area (Å²) in [5.74, 6) is -10.8. The number of hydrogen-bond acceptors (Lipinski definition) is 1. The number of alkyl halides is 14. The van der Waals surface area contributed by atoms with E-state index in [9.17, 15) is 61.5 Å². The summed E-state index contributed by atoms with van der Waals surface area (Å²) < 4.78 is 174. The zero-order valence-electron chi connectivity index (χ0n) is 10.6. The van der Waals surface area contributed by atoms with Crippen LogP contribution in [0.15, 0.2) is 11.3 Å². The third-order valence-corrected chi connectivity index (χ3v) is 2.07. The second-order valence-corrected chi connectivity index (χ2v) is 3.99. The fourth-order valence-corrected chi connectivity index (χ4v) is 1.14. The quantitative estimate of drug-likeness (QED) is 0.450. The maximum absolute atomic E-state index is 12.9. The Morgan fingerprint density at radius 2 is 1.00 bits per heavy atom. The average Bonchev–Trinajstić information content (AvgIpc) is 2.20. The van der Waals surface area contributed by atoms with E-state index in [1.165, 1.54) is 0 Å². The Labute approximate surface area is 122 Å². The van der Waals surface area contributed by atoms with Gasteiger partial charge in [0.05, 0.1) is 13.0 Å². The van der Waals surface area contributed by atoms with Crippen LogP contribution in [0, 0.1) is 0 Å². The molecule has 0 aliphatic rings. The third kappa shape index (κ3) is 5.89. The van der Waals surface area contributed by atoms with Crippen LogP contribution < -0.4 is 0 Å². The molecule has 0 aromatic heterocycles. The maximum atomic E-state index is 12.9. The fourth-order valence-electron chi connectivity index (χ4n) is 1.14. The van der Waals surface area contributed by atoms with E-state index in [2.05, 4.69) is 4.74 Å². The van der Waals surface area contributed by atoms with Crippen molar-refractivity contribution in [2.75, 3.05) is 6.61 Å². The van der Waals surface area contributed by atoms with Gasteiger partial charge in [-0.15, -0.1) is 0 Å². The average molecular weight is 394 g/mol. The molecular formula is C9H4F14O. The molecule has 0 atom stereocenters. The van der Waals surface area contributed by atoms with Crippen LogP contribution in [0.2, 0.25) is 0 Å². The minimum atomic E-state index is -6.98. The number of rotatable bonds is 4. The van der Waals surface area contributed by atoms with Gasteiger partial charge in [0.25, 0.3) is 0 Å². The summed E-state index contributed by atoms with van der Waals surface area (Å²) in [6, 6.07) is 0. The zero-order valence-corrected chi connectivity index (χ0v) is 10.6. The third-order valence-electron chi connectivity index (χ3n) is 2.07. The second-order valence-electron chi connectivity index (χ2n) is 3.99. The molecule has 0 saturated heterocycles. The van der Waals surface area contributed by atoms with Crippen LogP contribution in [0.5, 0.6) is 0 Å². The van der Waals surface area contributed by atoms with Gasteiger partial charge in [-0.05, 0) is 0 Å². The summed E-state index contributed by atoms with van der Waals surface area (Å²) in [6.07, 6.45) is -28.3. The van der Waals surface area contributed by atoms with Gasteiger partial charge in [-0.1, -0.05) is 0 Å². The van der Waals surface area contributed by atoms with Gasteiger partial charge in [-0.2, -0.15) is 61.5 Å². The first-order chi connectivity index (χ1) is 10.2. The highest BCUT2D eigenvalue weighted by Gasteiger charge is 2.67. The van der Waals surface area contributed by atoms with Crippen LogP contribution in [0.25, 0.3) is 0 Å². The van der Waals surface area contributed by atoms with E-state index >= 15 is 0 Å². The minimum absolute atomic E-state index is 2.32. The molecule has 0 heterocycles. The molecule has 24 heavy (non-hydrogen) atoms. The Balaban J connectivity index is 6.25. The summed E-state index contributed by atoms with van der Waals surface area (Å²) in [5, 5.41) is 0. The minimum Gasteiger partial charge on any atom is -0.490 e. The molecular weight excluding hydrogens is 390 g/mol. The molecule has 0 aliphatic carbocycles. The molecule has 0 rings (SSSR count). The molecule has 1 nitrogen and oxygen atoms in total. The highest BCUT2D eigenvalue weighted by molar-refractivity contribution is 5.26. The predicted molar refractivity (Wildman–Crippen MR) is 46.8 cm³/mol. The van der Waals surface area contributed by atoms with Crippen molar-refractivity contribution in [2.45, 2.75) is 37.0 Å². The van der Waals surface area contributed by atoms with E-state index in [1.807, 2.05) is 0 Å². The van der Waals surface area contributed by atoms with Crippen LogP contribution in [-0.4, -0.2) is 37.2 Å². The van der Waals surface area contributed by atoms with Gasteiger partial charge in [-0.25, -0.2) is 0 Å². The Morgan fingerprint density at radius 3 is 1.25 bits per heavy atom. The van der Waals surface area contributed by atoms with Crippen molar-refractivity contribution in [3.8, 4) is 0 Å². The van der Waals surface area contributed by atoms with E-state index < -0.39 is 55.0 Å². The summed E-state index contributed by atoms with van der Waals surface area (Å²) in [5.41, 5.74) is -4.39. The predicted octanol–water partition coefficient (Wildman–Crippen LogP) is 5.53. The normalized spacial score (nSPS) is 14.6. The van der Waals surface area contributed by atoms with Crippen molar-refractivity contribution in [2.24, 2.45) is 0 Å². The molecule has 0 aromatic rings. The highest BCUT2D eigenvalue weighted by atomic mass is 19.4. The highest BCUT2D eigenvalue weighted by Crippen LogP contribution is 2.49. The van der Waals surface area contributed by atoms with Crippen molar-refractivity contribution in [3.05, 3.63) is 11.3 Å². The number of allylic oxidation sites excluding steroid dienone is 2. The summed E-state index contributed by atoms with van der Waals surface area (Å²) >= 11 is 0. The molecule has 0 spiro atoms. The molecule has 15 heteroatoms. The van der Waals surface area contributed by atoms with Gasteiger partial charge < -0.3 is 4.74 Å². The van der Waals surface area contributed by atoms with Crippen LogP contribution in [0.3, 0.4) is 0 Å². The maximum Gasteiger partial charge on any atom is 0.461 e. The standard InChI is InChI=1S/C9H4F14O/c10-5(11,12)1-2-24-4(6(13,14)9(21,22)23)3(7(15,16)17)8(18,19)20/h1-2H2. The van der Waals surface area contributed by atoms with Crippen molar-refractivity contribution in [3.63, 3.8) is 0 Å². The van der Waals surface area contributed by atoms with Crippen molar-refractivity contribution in [1.29, 1.82) is 0 Å². The van der Waals surface area contributed by atoms with E-state index in [0.717, 1.165) is 0 Å². The molecule has 0 amide bonds. The lowest BCUT2D eigenvalue weighted by atomic mass is 10.1. The van der Waals surface area contributed by atoms with E-state index in [0.29, 0.717) is 0 Å². The van der Waals surface area contributed by atoms with E-state index in [4.69, 9.17) is 0 Å². The smallest absolute Gasteiger partial charge is 0.461 e. The Bertz CT molecular complexity index is 443.